The van der Waals surface area contributed by atoms with Crippen molar-refractivity contribution in [2.45, 2.75) is 6.92 Å². The van der Waals surface area contributed by atoms with Gasteiger partial charge in [-0.05, 0) is 54.3 Å². The Kier molecular flexibility index (Phi) is 3.26. The van der Waals surface area contributed by atoms with Crippen molar-refractivity contribution in [2.24, 2.45) is 0 Å². The Morgan fingerprint density at radius 1 is 1.00 bits per heavy atom. The first kappa shape index (κ1) is 13.4. The van der Waals surface area contributed by atoms with Crippen molar-refractivity contribution >= 4 is 16.5 Å². The summed E-state index contributed by atoms with van der Waals surface area (Å²) in [6, 6.07) is 14.5. The average Bonchev–Trinajstić information content (AvgIpc) is 2.48. The summed E-state index contributed by atoms with van der Waals surface area (Å²) < 4.78 is 18.8. The fraction of sp³-hybridized carbons (Fsp3) is 0.111. The van der Waals surface area contributed by atoms with Crippen LogP contribution in [0.5, 0.6) is 5.75 Å². The van der Waals surface area contributed by atoms with Gasteiger partial charge in [-0.1, -0.05) is 17.7 Å². The average molecular weight is 281 g/mol. The van der Waals surface area contributed by atoms with Crippen LogP contribution in [0.25, 0.3) is 21.9 Å². The molecule has 2 N–H and O–H groups in total. The maximum atomic E-state index is 13.4. The van der Waals surface area contributed by atoms with Gasteiger partial charge in [0.25, 0.3) is 0 Å². The molecule has 0 aliphatic heterocycles. The normalized spacial score (nSPS) is 10.8. The number of hydrogen-bond donors (Lipinski definition) is 1. The van der Waals surface area contributed by atoms with Crippen molar-refractivity contribution in [2.75, 3.05) is 12.8 Å². The molecule has 2 nitrogen and oxygen atoms in total. The number of rotatable bonds is 2. The predicted octanol–water partition coefficient (Wildman–Crippen LogP) is 4.55. The first-order valence-electron chi connectivity index (χ1n) is 6.72. The van der Waals surface area contributed by atoms with Crippen LogP contribution >= 0.6 is 0 Å². The third-order valence-electron chi connectivity index (χ3n) is 3.62. The lowest BCUT2D eigenvalue weighted by Crippen LogP contribution is -1.93. The molecule has 0 radical (unpaired) electrons. The number of methoxy groups -OCH3 is 1. The summed E-state index contributed by atoms with van der Waals surface area (Å²) in [5, 5.41) is 1.68. The van der Waals surface area contributed by atoms with Gasteiger partial charge in [0.2, 0.25) is 0 Å². The van der Waals surface area contributed by atoms with Crippen molar-refractivity contribution in [1.82, 2.24) is 0 Å². The summed E-state index contributed by atoms with van der Waals surface area (Å²) in [5.74, 6) is 0.367. The Labute approximate surface area is 123 Å². The minimum atomic E-state index is -0.274. The molecule has 0 aliphatic rings. The second kappa shape index (κ2) is 5.09. The summed E-state index contributed by atoms with van der Waals surface area (Å²) in [6.45, 7) is 2.02. The fourth-order valence-electron chi connectivity index (χ4n) is 2.54. The maximum Gasteiger partial charge on any atom is 0.127 e. The zero-order valence-corrected chi connectivity index (χ0v) is 12.0. The van der Waals surface area contributed by atoms with Crippen molar-refractivity contribution in [3.8, 4) is 16.9 Å². The van der Waals surface area contributed by atoms with Crippen LogP contribution in [0.2, 0.25) is 0 Å². The number of nitrogens with two attached hydrogens (primary N) is 1. The van der Waals surface area contributed by atoms with E-state index < -0.39 is 0 Å². The molecule has 0 saturated carbocycles. The number of fused-ring (bicyclic) bond motifs is 1. The molecule has 21 heavy (non-hydrogen) atoms. The zero-order chi connectivity index (χ0) is 15.0. The Hall–Kier alpha value is -2.55. The van der Waals surface area contributed by atoms with Gasteiger partial charge in [-0.2, -0.15) is 0 Å². The summed E-state index contributed by atoms with van der Waals surface area (Å²) in [7, 11) is 1.59. The number of halogens is 1. The van der Waals surface area contributed by atoms with E-state index in [4.69, 9.17) is 10.5 Å². The molecule has 0 amide bonds. The van der Waals surface area contributed by atoms with Gasteiger partial charge in [0.15, 0.2) is 0 Å². The highest BCUT2D eigenvalue weighted by Gasteiger charge is 2.09. The van der Waals surface area contributed by atoms with E-state index in [1.54, 1.807) is 13.2 Å². The number of aryl methyl sites for hydroxylation is 1. The Morgan fingerprint density at radius 3 is 2.57 bits per heavy atom. The Morgan fingerprint density at radius 2 is 1.81 bits per heavy atom. The van der Waals surface area contributed by atoms with Crippen LogP contribution < -0.4 is 10.5 Å². The lowest BCUT2D eigenvalue weighted by atomic mass is 9.98. The highest BCUT2D eigenvalue weighted by atomic mass is 19.1. The molecule has 0 fully saturated rings. The molecule has 0 saturated heterocycles. The molecule has 0 aromatic heterocycles. The fourth-order valence-corrected chi connectivity index (χ4v) is 2.54. The van der Waals surface area contributed by atoms with E-state index in [9.17, 15) is 4.39 Å². The van der Waals surface area contributed by atoms with Gasteiger partial charge in [-0.25, -0.2) is 4.39 Å². The molecule has 0 atom stereocenters. The quantitative estimate of drug-likeness (QED) is 0.700. The SMILES string of the molecule is COc1cc(-c2cc(C)ccc2N)cc2ccc(F)cc12. The summed E-state index contributed by atoms with van der Waals surface area (Å²) in [6.07, 6.45) is 0. The van der Waals surface area contributed by atoms with Gasteiger partial charge in [-0.15, -0.1) is 0 Å². The van der Waals surface area contributed by atoms with Crippen LogP contribution in [0, 0.1) is 12.7 Å². The highest BCUT2D eigenvalue weighted by molar-refractivity contribution is 5.94. The van der Waals surface area contributed by atoms with E-state index in [0.717, 1.165) is 27.5 Å². The number of ether oxygens (including phenoxy) is 1. The number of benzene rings is 3. The van der Waals surface area contributed by atoms with Gasteiger partial charge in [0.05, 0.1) is 7.11 Å². The van der Waals surface area contributed by atoms with Crippen molar-refractivity contribution in [1.29, 1.82) is 0 Å². The van der Waals surface area contributed by atoms with Gasteiger partial charge in [0, 0.05) is 16.6 Å². The topological polar surface area (TPSA) is 35.2 Å². The summed E-state index contributed by atoms with van der Waals surface area (Å²) in [4.78, 5) is 0. The third kappa shape index (κ3) is 2.42. The highest BCUT2D eigenvalue weighted by Crippen LogP contribution is 2.35. The van der Waals surface area contributed by atoms with Crippen LogP contribution in [-0.2, 0) is 0 Å². The van der Waals surface area contributed by atoms with E-state index in [1.807, 2.05) is 37.3 Å². The van der Waals surface area contributed by atoms with Gasteiger partial charge in [-0.3, -0.25) is 0 Å². The van der Waals surface area contributed by atoms with Crippen LogP contribution in [0.15, 0.2) is 48.5 Å². The molecule has 3 rings (SSSR count). The second-order valence-electron chi connectivity index (χ2n) is 5.13. The van der Waals surface area contributed by atoms with Crippen molar-refractivity contribution in [3.05, 3.63) is 59.9 Å². The van der Waals surface area contributed by atoms with E-state index in [2.05, 4.69) is 0 Å². The standard InChI is InChI=1S/C18H16FNO/c1-11-3-6-17(20)15(7-11)13-8-12-4-5-14(19)10-16(12)18(9-13)21-2/h3-10H,20H2,1-2H3. The Bertz CT molecular complexity index is 827. The molecule has 0 heterocycles. The van der Waals surface area contributed by atoms with Crippen molar-refractivity contribution < 1.29 is 9.13 Å². The smallest absolute Gasteiger partial charge is 0.127 e. The van der Waals surface area contributed by atoms with E-state index in [-0.39, 0.29) is 5.82 Å². The van der Waals surface area contributed by atoms with Gasteiger partial charge >= 0.3 is 0 Å². The molecule has 0 spiro atoms. The molecule has 3 heteroatoms. The zero-order valence-electron chi connectivity index (χ0n) is 12.0. The second-order valence-corrected chi connectivity index (χ2v) is 5.13. The molecular formula is C18H16FNO. The van der Waals surface area contributed by atoms with E-state index in [0.29, 0.717) is 11.4 Å². The van der Waals surface area contributed by atoms with E-state index >= 15 is 0 Å². The van der Waals surface area contributed by atoms with Crippen LogP contribution in [0.3, 0.4) is 0 Å². The Balaban J connectivity index is 2.29. The van der Waals surface area contributed by atoms with Crippen LogP contribution in [-0.4, -0.2) is 7.11 Å². The van der Waals surface area contributed by atoms with Crippen molar-refractivity contribution in [3.63, 3.8) is 0 Å². The van der Waals surface area contributed by atoms with Crippen LogP contribution in [0.4, 0.5) is 10.1 Å². The first-order chi connectivity index (χ1) is 10.1. The van der Waals surface area contributed by atoms with E-state index in [1.165, 1.54) is 12.1 Å². The molecule has 3 aromatic carbocycles. The molecule has 106 valence electrons. The lowest BCUT2D eigenvalue weighted by molar-refractivity contribution is 0.420. The monoisotopic (exact) mass is 281 g/mol. The third-order valence-corrected chi connectivity index (χ3v) is 3.62. The molecular weight excluding hydrogens is 265 g/mol. The molecule has 0 bridgehead atoms. The van der Waals surface area contributed by atoms with Gasteiger partial charge in [0.1, 0.15) is 11.6 Å². The lowest BCUT2D eigenvalue weighted by Gasteiger charge is -2.12. The molecule has 3 aromatic rings. The summed E-state index contributed by atoms with van der Waals surface area (Å²) >= 11 is 0. The minimum Gasteiger partial charge on any atom is -0.496 e. The predicted molar refractivity (Wildman–Crippen MR) is 85.0 cm³/mol. The number of anilines is 1. The molecule has 0 unspecified atom stereocenters. The van der Waals surface area contributed by atoms with Gasteiger partial charge < -0.3 is 10.5 Å². The largest absolute Gasteiger partial charge is 0.496 e. The molecule has 0 aliphatic carbocycles. The van der Waals surface area contributed by atoms with Crippen LogP contribution in [0.1, 0.15) is 5.56 Å². The number of hydrogen-bond acceptors (Lipinski definition) is 2. The maximum absolute atomic E-state index is 13.4. The first-order valence-corrected chi connectivity index (χ1v) is 6.72. The minimum absolute atomic E-state index is 0.274. The number of nitrogen functional groups attached to an aromatic ring is 1. The summed E-state index contributed by atoms with van der Waals surface area (Å²) in [5.41, 5.74) is 9.85.